The molecule has 0 spiro atoms. The Kier molecular flexibility index (Phi) is 5.97. The molecule has 1 aliphatic rings. The summed E-state index contributed by atoms with van der Waals surface area (Å²) < 4.78 is 5.41. The number of anilines is 3. The van der Waals surface area contributed by atoms with Crippen LogP contribution in [-0.2, 0) is 4.74 Å². The van der Waals surface area contributed by atoms with Crippen molar-refractivity contribution in [1.29, 1.82) is 5.26 Å². The lowest BCUT2D eigenvalue weighted by Gasteiger charge is -2.28. The van der Waals surface area contributed by atoms with E-state index in [9.17, 15) is 5.26 Å². The van der Waals surface area contributed by atoms with E-state index in [2.05, 4.69) is 43.4 Å². The van der Waals surface area contributed by atoms with Gasteiger partial charge in [0, 0.05) is 57.2 Å². The average Bonchev–Trinajstić information content (AvgIpc) is 2.84. The summed E-state index contributed by atoms with van der Waals surface area (Å²) in [5, 5.41) is 14.5. The van der Waals surface area contributed by atoms with E-state index < -0.39 is 0 Å². The summed E-state index contributed by atoms with van der Waals surface area (Å²) in [6, 6.07) is 17.2. The third kappa shape index (κ3) is 4.41. The van der Waals surface area contributed by atoms with Crippen LogP contribution < -0.4 is 10.2 Å². The molecule has 9 heteroatoms. The highest BCUT2D eigenvalue weighted by Gasteiger charge is 2.16. The van der Waals surface area contributed by atoms with Gasteiger partial charge < -0.3 is 15.0 Å². The van der Waals surface area contributed by atoms with Crippen molar-refractivity contribution < 1.29 is 4.74 Å². The molecule has 0 radical (unpaired) electrons. The molecule has 0 amide bonds. The van der Waals surface area contributed by atoms with E-state index >= 15 is 0 Å². The van der Waals surface area contributed by atoms with E-state index in [1.807, 2.05) is 12.1 Å². The number of ether oxygens (including phenoxy) is 1. The van der Waals surface area contributed by atoms with E-state index in [0.717, 1.165) is 37.7 Å². The Morgan fingerprint density at radius 3 is 2.42 bits per heavy atom. The summed E-state index contributed by atoms with van der Waals surface area (Å²) in [5.74, 6) is 0.390. The molecular formula is C24H18Cl2N6O. The van der Waals surface area contributed by atoms with E-state index in [4.69, 9.17) is 27.9 Å². The molecule has 4 aromatic rings. The second-order valence-electron chi connectivity index (χ2n) is 7.47. The summed E-state index contributed by atoms with van der Waals surface area (Å²) >= 11 is 12.7. The number of nitrogens with zero attached hydrogens (tertiary/aromatic N) is 5. The Morgan fingerprint density at radius 1 is 1.00 bits per heavy atom. The second kappa shape index (κ2) is 9.20. The van der Waals surface area contributed by atoms with E-state index in [-0.39, 0.29) is 5.69 Å². The zero-order valence-electron chi connectivity index (χ0n) is 17.4. The van der Waals surface area contributed by atoms with Gasteiger partial charge in [-0.3, -0.25) is 0 Å². The van der Waals surface area contributed by atoms with Crippen molar-refractivity contribution in [3.63, 3.8) is 0 Å². The van der Waals surface area contributed by atoms with Crippen molar-refractivity contribution in [3.8, 4) is 17.2 Å². The minimum atomic E-state index is 0.192. The highest BCUT2D eigenvalue weighted by molar-refractivity contribution is 6.39. The van der Waals surface area contributed by atoms with Gasteiger partial charge in [-0.05, 0) is 42.5 Å². The Bertz CT molecular complexity index is 1340. The normalized spacial score (nSPS) is 13.7. The van der Waals surface area contributed by atoms with Gasteiger partial charge in [-0.2, -0.15) is 10.2 Å². The first-order valence-corrected chi connectivity index (χ1v) is 11.1. The van der Waals surface area contributed by atoms with Crippen LogP contribution in [0.5, 0.6) is 0 Å². The number of aromatic nitrogens is 3. The van der Waals surface area contributed by atoms with Crippen molar-refractivity contribution in [1.82, 2.24) is 15.0 Å². The predicted octanol–water partition coefficient (Wildman–Crippen LogP) is 5.45. The molecule has 164 valence electrons. The number of hydrogen-bond acceptors (Lipinski definition) is 7. The van der Waals surface area contributed by atoms with Crippen LogP contribution >= 0.6 is 23.2 Å². The van der Waals surface area contributed by atoms with Crippen LogP contribution in [0, 0.1) is 11.3 Å². The molecule has 0 unspecified atom stereocenters. The zero-order chi connectivity index (χ0) is 22.8. The number of hydrogen-bond donors (Lipinski definition) is 1. The molecule has 33 heavy (non-hydrogen) atoms. The average molecular weight is 477 g/mol. The predicted molar refractivity (Wildman–Crippen MR) is 130 cm³/mol. The van der Waals surface area contributed by atoms with Crippen LogP contribution in [0.15, 0.2) is 54.7 Å². The number of fused-ring (bicyclic) bond motifs is 1. The summed E-state index contributed by atoms with van der Waals surface area (Å²) in [6.07, 6.45) is 1.66. The number of pyridine rings is 1. The first-order chi connectivity index (χ1) is 16.1. The maximum Gasteiger partial charge on any atom is 0.229 e. The largest absolute Gasteiger partial charge is 0.378 e. The fourth-order valence-corrected chi connectivity index (χ4v) is 4.36. The van der Waals surface area contributed by atoms with Gasteiger partial charge in [-0.25, -0.2) is 9.97 Å². The summed E-state index contributed by atoms with van der Waals surface area (Å²) in [7, 11) is 0. The van der Waals surface area contributed by atoms with E-state index in [1.54, 1.807) is 30.5 Å². The molecule has 3 heterocycles. The van der Waals surface area contributed by atoms with Gasteiger partial charge in [0.25, 0.3) is 0 Å². The summed E-state index contributed by atoms with van der Waals surface area (Å²) in [4.78, 5) is 15.6. The topological polar surface area (TPSA) is 87.0 Å². The lowest BCUT2D eigenvalue weighted by molar-refractivity contribution is 0.122. The molecule has 1 saturated heterocycles. The Labute approximate surface area is 200 Å². The number of halogens is 2. The highest BCUT2D eigenvalue weighted by atomic mass is 35.5. The van der Waals surface area contributed by atoms with Crippen molar-refractivity contribution >= 4 is 51.6 Å². The van der Waals surface area contributed by atoms with Gasteiger partial charge in [0.2, 0.25) is 5.95 Å². The Morgan fingerprint density at radius 2 is 1.73 bits per heavy atom. The fourth-order valence-electron chi connectivity index (χ4n) is 3.76. The number of nitrogens with one attached hydrogen (secondary N) is 1. The fraction of sp³-hybridized carbons (Fsp3) is 0.167. The lowest BCUT2D eigenvalue weighted by atomic mass is 10.0. The minimum absolute atomic E-state index is 0.192. The van der Waals surface area contributed by atoms with E-state index in [0.29, 0.717) is 38.2 Å². The molecule has 2 aromatic carbocycles. The molecule has 1 N–H and O–H groups in total. The van der Waals surface area contributed by atoms with Crippen LogP contribution in [0.2, 0.25) is 10.0 Å². The molecule has 1 aliphatic heterocycles. The number of nitriles is 1. The molecule has 0 bridgehead atoms. The number of rotatable bonds is 4. The quantitative estimate of drug-likeness (QED) is 0.418. The van der Waals surface area contributed by atoms with Crippen LogP contribution in [0.3, 0.4) is 0 Å². The van der Waals surface area contributed by atoms with Crippen LogP contribution in [-0.4, -0.2) is 41.3 Å². The van der Waals surface area contributed by atoms with Gasteiger partial charge in [0.1, 0.15) is 6.07 Å². The maximum absolute atomic E-state index is 9.69. The van der Waals surface area contributed by atoms with Gasteiger partial charge >= 0.3 is 0 Å². The summed E-state index contributed by atoms with van der Waals surface area (Å²) in [6.45, 7) is 3.25. The Balaban J connectivity index is 1.43. The highest BCUT2D eigenvalue weighted by Crippen LogP contribution is 2.37. The van der Waals surface area contributed by atoms with Gasteiger partial charge in [0.15, 0.2) is 11.3 Å². The smallest absolute Gasteiger partial charge is 0.229 e. The maximum atomic E-state index is 9.69. The standard InChI is InChI=1S/C24H18Cl2N6O/c25-19-2-1-3-20(26)22(19)18-12-15-14-28-24(31-23(15)30-21(18)13-27)29-16-4-6-17(7-5-16)32-8-10-33-11-9-32/h1-7,12,14H,8-11H2,(H,28,29,30,31). The van der Waals surface area contributed by atoms with E-state index in [1.165, 1.54) is 0 Å². The molecular weight excluding hydrogens is 459 g/mol. The molecule has 5 rings (SSSR count). The molecule has 0 atom stereocenters. The second-order valence-corrected chi connectivity index (χ2v) is 8.29. The number of benzene rings is 2. The van der Waals surface area contributed by atoms with Gasteiger partial charge in [0.05, 0.1) is 13.2 Å². The third-order valence-corrected chi connectivity index (χ3v) is 6.04. The third-order valence-electron chi connectivity index (χ3n) is 5.41. The first kappa shape index (κ1) is 21.4. The first-order valence-electron chi connectivity index (χ1n) is 10.3. The van der Waals surface area contributed by atoms with Gasteiger partial charge in [-0.1, -0.05) is 29.3 Å². The van der Waals surface area contributed by atoms with Crippen molar-refractivity contribution in [2.24, 2.45) is 0 Å². The molecule has 1 fully saturated rings. The zero-order valence-corrected chi connectivity index (χ0v) is 18.9. The molecule has 0 aliphatic carbocycles. The Hall–Kier alpha value is -3.44. The SMILES string of the molecule is N#Cc1nc2nc(Nc3ccc(N4CCOCC4)cc3)ncc2cc1-c1c(Cl)cccc1Cl. The molecule has 0 saturated carbocycles. The van der Waals surface area contributed by atoms with Gasteiger partial charge in [-0.15, -0.1) is 0 Å². The van der Waals surface area contributed by atoms with Crippen molar-refractivity contribution in [2.75, 3.05) is 36.5 Å². The molecule has 2 aromatic heterocycles. The van der Waals surface area contributed by atoms with Crippen molar-refractivity contribution in [3.05, 3.63) is 70.5 Å². The lowest BCUT2D eigenvalue weighted by Crippen LogP contribution is -2.36. The number of morpholine rings is 1. The monoisotopic (exact) mass is 476 g/mol. The van der Waals surface area contributed by atoms with Crippen LogP contribution in [0.25, 0.3) is 22.2 Å². The van der Waals surface area contributed by atoms with Crippen molar-refractivity contribution in [2.45, 2.75) is 0 Å². The minimum Gasteiger partial charge on any atom is -0.378 e. The summed E-state index contributed by atoms with van der Waals surface area (Å²) in [5.41, 5.74) is 3.71. The van der Waals surface area contributed by atoms with Crippen LogP contribution in [0.4, 0.5) is 17.3 Å². The molecule has 7 nitrogen and oxygen atoms in total. The van der Waals surface area contributed by atoms with Crippen LogP contribution in [0.1, 0.15) is 5.69 Å².